The van der Waals surface area contributed by atoms with Crippen LogP contribution in [0.2, 0.25) is 0 Å². The third-order valence-electron chi connectivity index (χ3n) is 15.3. The lowest BCUT2D eigenvalue weighted by Gasteiger charge is -2.54. The van der Waals surface area contributed by atoms with Crippen LogP contribution in [0.4, 0.5) is 5.69 Å². The lowest BCUT2D eigenvalue weighted by molar-refractivity contribution is -0.174. The minimum atomic E-state index is -0.371. The molecule has 0 amide bonds. The molecule has 5 aromatic rings. The number of rotatable bonds is 9. The molecule has 2 N–H and O–H groups in total. The summed E-state index contributed by atoms with van der Waals surface area (Å²) in [5.74, 6) is 2.03. The number of anilines is 1. The van der Waals surface area contributed by atoms with Gasteiger partial charge in [-0.3, -0.25) is 19.3 Å². The first kappa shape index (κ1) is 78.3. The van der Waals surface area contributed by atoms with Gasteiger partial charge in [0.25, 0.3) is 0 Å². The highest BCUT2D eigenvalue weighted by atomic mass is 32.2. The molecule has 0 aliphatic carbocycles. The Morgan fingerprint density at radius 1 is 0.598 bits per heavy atom. The number of aromatic hydroxyl groups is 2. The largest absolute Gasteiger partial charge is 0.507 e. The van der Waals surface area contributed by atoms with Crippen molar-refractivity contribution in [2.24, 2.45) is 0 Å². The molecule has 0 bridgehead atoms. The van der Waals surface area contributed by atoms with Crippen LogP contribution in [0, 0.1) is 41.5 Å². The van der Waals surface area contributed by atoms with Gasteiger partial charge in [-0.05, 0) is 189 Å². The highest BCUT2D eigenvalue weighted by Crippen LogP contribution is 2.48. The fourth-order valence-corrected chi connectivity index (χ4v) is 12.9. The van der Waals surface area contributed by atoms with Crippen molar-refractivity contribution in [3.8, 4) is 17.2 Å². The van der Waals surface area contributed by atoms with Crippen LogP contribution in [0.15, 0.2) is 89.8 Å². The summed E-state index contributed by atoms with van der Waals surface area (Å²) in [5, 5.41) is 20.0. The van der Waals surface area contributed by atoms with Crippen molar-refractivity contribution >= 4 is 35.7 Å². The average molecular weight is 1150 g/mol. The first-order valence-electron chi connectivity index (χ1n) is 26.8. The quantitative estimate of drug-likeness (QED) is 0.108. The monoisotopic (exact) mass is 1150 g/mol. The number of ether oxygens (including phenoxy) is 3. The van der Waals surface area contributed by atoms with Crippen LogP contribution in [0.5, 0.6) is 17.2 Å². The molecule has 11 heteroatoms. The second-order valence-electron chi connectivity index (χ2n) is 24.2. The summed E-state index contributed by atoms with van der Waals surface area (Å²) in [7, 11) is 3.80. The average Bonchev–Trinajstić information content (AvgIpc) is 3.31. The van der Waals surface area contributed by atoms with Crippen LogP contribution < -0.4 is 9.64 Å². The Balaban J connectivity index is 0. The van der Waals surface area contributed by atoms with Crippen molar-refractivity contribution in [3.05, 3.63) is 146 Å². The van der Waals surface area contributed by atoms with Crippen LogP contribution in [-0.2, 0) is 31.9 Å². The van der Waals surface area contributed by atoms with Crippen LogP contribution in [0.25, 0.3) is 0 Å². The van der Waals surface area contributed by atoms with Gasteiger partial charge in [-0.1, -0.05) is 132 Å². The number of carbonyl (C=O) groups excluding carboxylic acids is 3. The molecule has 460 valence electrons. The maximum Gasteiger partial charge on any atom is 0.311 e. The molecule has 1 fully saturated rings. The molecule has 3 aliphatic rings. The molecule has 8 rings (SSSR count). The van der Waals surface area contributed by atoms with Gasteiger partial charge in [0.1, 0.15) is 36.4 Å². The van der Waals surface area contributed by atoms with E-state index in [-0.39, 0.29) is 110 Å². The van der Waals surface area contributed by atoms with Crippen molar-refractivity contribution in [1.29, 1.82) is 0 Å². The Bertz CT molecular complexity index is 2770. The molecule has 3 aliphatic heterocycles. The predicted octanol–water partition coefficient (Wildman–Crippen LogP) is 18.6. The number of likely N-dealkylation sites (tertiary alicyclic amines) is 1. The summed E-state index contributed by atoms with van der Waals surface area (Å²) in [5.41, 5.74) is 12.0. The van der Waals surface area contributed by atoms with Gasteiger partial charge in [0.2, 0.25) is 0 Å². The van der Waals surface area contributed by atoms with E-state index < -0.39 is 0 Å². The van der Waals surface area contributed by atoms with Gasteiger partial charge in [-0.2, -0.15) is 0 Å². The number of hydrogen-bond acceptors (Lipinski definition) is 11. The zero-order valence-electron chi connectivity index (χ0n) is 49.0. The van der Waals surface area contributed by atoms with Crippen molar-refractivity contribution in [1.82, 2.24) is 4.90 Å². The van der Waals surface area contributed by atoms with Gasteiger partial charge in [0.05, 0.1) is 20.0 Å². The maximum absolute atomic E-state index is 12.8. The van der Waals surface area contributed by atoms with Crippen LogP contribution in [-0.4, -0.2) is 81.7 Å². The second kappa shape index (κ2) is 32.3. The normalized spacial score (nSPS) is 17.5. The number of phenolic OH excluding ortho intramolecular Hbond substituents is 2. The molecule has 0 aromatic heterocycles. The molecule has 0 radical (unpaired) electrons. The van der Waals surface area contributed by atoms with Gasteiger partial charge >= 0.3 is 11.9 Å². The molecule has 2 unspecified atom stereocenters. The molecule has 10 nitrogen and oxygen atoms in total. The van der Waals surface area contributed by atoms with E-state index in [0.717, 1.165) is 45.4 Å². The molecule has 1 saturated heterocycles. The summed E-state index contributed by atoms with van der Waals surface area (Å²) < 4.78 is 16.9. The lowest BCUT2D eigenvalue weighted by Crippen LogP contribution is -2.63. The smallest absolute Gasteiger partial charge is 0.311 e. The third kappa shape index (κ3) is 20.8. The third-order valence-corrected chi connectivity index (χ3v) is 16.6. The zero-order chi connectivity index (χ0) is 56.7. The summed E-state index contributed by atoms with van der Waals surface area (Å²) in [4.78, 5) is 41.6. The highest BCUT2D eigenvalue weighted by Gasteiger charge is 2.47. The topological polar surface area (TPSA) is 126 Å². The molecular formula is C71H112N2O8S. The molecule has 2 atom stereocenters. The van der Waals surface area contributed by atoms with Crippen molar-refractivity contribution in [2.75, 3.05) is 25.8 Å². The van der Waals surface area contributed by atoms with Gasteiger partial charge < -0.3 is 29.3 Å². The van der Waals surface area contributed by atoms with Gasteiger partial charge in [0.15, 0.2) is 0 Å². The Morgan fingerprint density at radius 2 is 1.04 bits per heavy atom. The standard InChI is InChI=1S/C30H41NO6.C14H21N.C13H18S.C8H8O2.6CH4/c1-18-9-22(10-19(2)27(18)34)13-25(32)36-17-31-29(5,6)15-24(16-30(31,7)8)37-26(33)14-23-11-20(3)28(35)21(4)12-23;1-10-6-7-13-12(8-10)11(2)9-14(3,4)15(13)5;1-9-5-6-12-11(7-9)10(2)8-13(3,4)14-12;1-10-8-4-2-7(6-9)3-5-8;;;;;;/h9-12,24,34-35H,13-17H2,1-8H3;6-8,11H,9H2,1-5H3;5-7,10H,8H2,1-4H3;2-6H,1H3;6*1H4. The lowest BCUT2D eigenvalue weighted by atomic mass is 9.78. The highest BCUT2D eigenvalue weighted by molar-refractivity contribution is 8.00. The van der Waals surface area contributed by atoms with E-state index in [9.17, 15) is 24.6 Å². The number of aryl methyl sites for hydroxylation is 6. The first-order chi connectivity index (χ1) is 35.3. The number of benzene rings is 5. The summed E-state index contributed by atoms with van der Waals surface area (Å²) >= 11 is 2.03. The van der Waals surface area contributed by atoms with Crippen LogP contribution in [0.1, 0.15) is 217 Å². The van der Waals surface area contributed by atoms with Gasteiger partial charge in [0, 0.05) is 57.4 Å². The zero-order valence-corrected chi connectivity index (χ0v) is 49.8. The van der Waals surface area contributed by atoms with Crippen LogP contribution >= 0.6 is 11.8 Å². The Labute approximate surface area is 504 Å². The number of methoxy groups -OCH3 is 1. The summed E-state index contributed by atoms with van der Waals surface area (Å²) in [6, 6.07) is 27.8. The van der Waals surface area contributed by atoms with E-state index in [4.69, 9.17) is 14.2 Å². The Hall–Kier alpha value is -5.78. The predicted molar refractivity (Wildman–Crippen MR) is 352 cm³/mol. The second-order valence-corrected chi connectivity index (χ2v) is 25.9. The molecule has 0 saturated carbocycles. The van der Waals surface area contributed by atoms with E-state index in [0.29, 0.717) is 35.0 Å². The molecule has 5 aromatic carbocycles. The number of piperidine rings is 1. The molecule has 0 spiro atoms. The molecule has 82 heavy (non-hydrogen) atoms. The number of carbonyl (C=O) groups is 3. The minimum absolute atomic E-state index is 0. The number of hydrogen-bond donors (Lipinski definition) is 2. The van der Waals surface area contributed by atoms with Gasteiger partial charge in [-0.25, -0.2) is 0 Å². The molecule has 3 heterocycles. The number of esters is 2. The van der Waals surface area contributed by atoms with E-state index in [1.807, 2.05) is 51.6 Å². The summed E-state index contributed by atoms with van der Waals surface area (Å²) in [6.07, 6.45) is 4.58. The van der Waals surface area contributed by atoms with Crippen molar-refractivity contribution in [3.63, 3.8) is 0 Å². The number of phenols is 2. The van der Waals surface area contributed by atoms with E-state index in [1.165, 1.54) is 40.1 Å². The van der Waals surface area contributed by atoms with Crippen LogP contribution in [0.3, 0.4) is 0 Å². The number of nitrogens with zero attached hydrogens (tertiary/aromatic N) is 2. The van der Waals surface area contributed by atoms with E-state index in [2.05, 4.69) is 136 Å². The van der Waals surface area contributed by atoms with Crippen molar-refractivity contribution < 1.29 is 38.8 Å². The number of fused-ring (bicyclic) bond motifs is 2. The van der Waals surface area contributed by atoms with E-state index >= 15 is 0 Å². The SMILES string of the molecule is C.C.C.C.C.C.COc1ccc(C=O)cc1.Cc1cc(CC(=O)OCN2C(C)(C)CC(OC(=O)Cc3cc(C)c(O)c(C)c3)CC2(C)C)cc(C)c1O.Cc1ccc2c(c1)C(C)CC(C)(C)N2C.Cc1ccc2c(c1)C(C)CC(C)(C)S2. The molecular weight excluding hydrogens is 1040 g/mol. The maximum atomic E-state index is 12.8. The number of aldehydes is 1. The summed E-state index contributed by atoms with van der Waals surface area (Å²) in [6.45, 7) is 34.1. The fraction of sp³-hybridized carbons (Fsp3) is 0.535. The van der Waals surface area contributed by atoms with E-state index in [1.54, 1.807) is 49.1 Å². The first-order valence-corrected chi connectivity index (χ1v) is 27.6. The fourth-order valence-electron chi connectivity index (χ4n) is 11.4. The number of thioether (sulfide) groups is 1. The van der Waals surface area contributed by atoms with Crippen molar-refractivity contribution in [2.45, 2.75) is 238 Å². The van der Waals surface area contributed by atoms with Gasteiger partial charge in [-0.15, -0.1) is 11.8 Å². The Kier molecular flexibility index (Phi) is 30.9. The minimum Gasteiger partial charge on any atom is -0.507 e. The Morgan fingerprint density at radius 3 is 1.50 bits per heavy atom.